The molecule has 2 aromatic carbocycles. The molecule has 3 N–H and O–H groups in total. The van der Waals surface area contributed by atoms with Crippen LogP contribution in [0.15, 0.2) is 50.2 Å². The maximum atomic E-state index is 12.5. The van der Waals surface area contributed by atoms with Gasteiger partial charge in [0, 0.05) is 21.2 Å². The molecule has 0 aliphatic rings. The topological polar surface area (TPSA) is 72.2 Å². The summed E-state index contributed by atoms with van der Waals surface area (Å²) in [5, 5.41) is 0. The van der Waals surface area contributed by atoms with E-state index in [1.807, 2.05) is 13.0 Å². The largest absolute Gasteiger partial charge is 0.326 e. The first-order valence-electron chi connectivity index (χ1n) is 6.11. The summed E-state index contributed by atoms with van der Waals surface area (Å²) < 4.78 is 28.9. The second kappa shape index (κ2) is 6.48. The van der Waals surface area contributed by atoms with Gasteiger partial charge in [0.25, 0.3) is 10.0 Å². The van der Waals surface area contributed by atoms with Crippen LogP contribution in [-0.2, 0) is 16.6 Å². The van der Waals surface area contributed by atoms with E-state index in [2.05, 4.69) is 36.6 Å². The molecule has 21 heavy (non-hydrogen) atoms. The molecule has 0 aliphatic carbocycles. The lowest BCUT2D eigenvalue weighted by Crippen LogP contribution is -2.14. The molecular weight excluding hydrogens is 420 g/mol. The molecule has 4 nitrogen and oxygen atoms in total. The van der Waals surface area contributed by atoms with Gasteiger partial charge >= 0.3 is 0 Å². The summed E-state index contributed by atoms with van der Waals surface area (Å²) in [6.45, 7) is 2.22. The zero-order valence-electron chi connectivity index (χ0n) is 11.2. The van der Waals surface area contributed by atoms with Crippen molar-refractivity contribution >= 4 is 47.6 Å². The lowest BCUT2D eigenvalue weighted by Gasteiger charge is -2.11. The monoisotopic (exact) mass is 432 g/mol. The number of benzene rings is 2. The minimum absolute atomic E-state index is 0.169. The summed E-state index contributed by atoms with van der Waals surface area (Å²) in [6.07, 6.45) is 0. The third-order valence-electron chi connectivity index (χ3n) is 2.94. The van der Waals surface area contributed by atoms with Gasteiger partial charge in [-0.2, -0.15) is 0 Å². The Bertz CT molecular complexity index is 777. The fourth-order valence-electron chi connectivity index (χ4n) is 1.75. The maximum Gasteiger partial charge on any atom is 0.263 e. The van der Waals surface area contributed by atoms with E-state index in [4.69, 9.17) is 5.73 Å². The van der Waals surface area contributed by atoms with Gasteiger partial charge in [0.05, 0.1) is 0 Å². The van der Waals surface area contributed by atoms with Gasteiger partial charge in [0.2, 0.25) is 0 Å². The minimum atomic E-state index is -3.68. The number of nitrogens with two attached hydrogens (primary N) is 1. The normalized spacial score (nSPS) is 11.4. The molecule has 0 aromatic heterocycles. The molecule has 7 heteroatoms. The molecule has 0 radical (unpaired) electrons. The molecule has 0 unspecified atom stereocenters. The van der Waals surface area contributed by atoms with Gasteiger partial charge in [0.15, 0.2) is 0 Å². The maximum absolute atomic E-state index is 12.5. The first-order chi connectivity index (χ1) is 9.83. The Labute approximate surface area is 141 Å². The van der Waals surface area contributed by atoms with E-state index in [0.717, 1.165) is 15.6 Å². The van der Waals surface area contributed by atoms with Gasteiger partial charge in [0.1, 0.15) is 4.90 Å². The van der Waals surface area contributed by atoms with Crippen LogP contribution in [0.4, 0.5) is 5.69 Å². The second-order valence-corrected chi connectivity index (χ2v) is 7.90. The molecule has 0 bridgehead atoms. The van der Waals surface area contributed by atoms with Crippen LogP contribution >= 0.6 is 31.9 Å². The van der Waals surface area contributed by atoms with Crippen molar-refractivity contribution in [3.63, 3.8) is 0 Å². The van der Waals surface area contributed by atoms with E-state index in [0.29, 0.717) is 10.2 Å². The summed E-state index contributed by atoms with van der Waals surface area (Å²) in [5.74, 6) is 0. The first kappa shape index (κ1) is 16.5. The Balaban J connectivity index is 2.40. The zero-order chi connectivity index (χ0) is 15.6. The Kier molecular flexibility index (Phi) is 5.08. The smallest absolute Gasteiger partial charge is 0.263 e. The van der Waals surface area contributed by atoms with Crippen LogP contribution in [0.3, 0.4) is 0 Å². The number of hydrogen-bond donors (Lipinski definition) is 2. The summed E-state index contributed by atoms with van der Waals surface area (Å²) >= 11 is 6.65. The van der Waals surface area contributed by atoms with Gasteiger partial charge in [-0.05, 0) is 58.2 Å². The van der Waals surface area contributed by atoms with Crippen molar-refractivity contribution in [2.45, 2.75) is 18.4 Å². The molecule has 0 spiro atoms. The van der Waals surface area contributed by atoms with E-state index in [9.17, 15) is 8.42 Å². The van der Waals surface area contributed by atoms with E-state index in [1.54, 1.807) is 30.3 Å². The molecular formula is C14H14Br2N2O2S. The summed E-state index contributed by atoms with van der Waals surface area (Å²) in [7, 11) is -3.68. The first-order valence-corrected chi connectivity index (χ1v) is 9.18. The molecule has 0 heterocycles. The fourth-order valence-corrected chi connectivity index (χ4v) is 4.19. The molecule has 0 atom stereocenters. The van der Waals surface area contributed by atoms with Crippen LogP contribution in [-0.4, -0.2) is 8.42 Å². The Morgan fingerprint density at radius 1 is 1.10 bits per heavy atom. The van der Waals surface area contributed by atoms with E-state index >= 15 is 0 Å². The van der Waals surface area contributed by atoms with Crippen molar-refractivity contribution in [2.75, 3.05) is 4.72 Å². The van der Waals surface area contributed by atoms with Crippen molar-refractivity contribution in [1.29, 1.82) is 0 Å². The summed E-state index contributed by atoms with van der Waals surface area (Å²) in [6, 6.07) is 10.3. The Hall–Kier alpha value is -0.890. The highest BCUT2D eigenvalue weighted by Crippen LogP contribution is 2.27. The molecule has 112 valence electrons. The highest BCUT2D eigenvalue weighted by atomic mass is 79.9. The average Bonchev–Trinajstić information content (AvgIpc) is 2.43. The highest BCUT2D eigenvalue weighted by molar-refractivity contribution is 9.10. The van der Waals surface area contributed by atoms with Gasteiger partial charge < -0.3 is 5.73 Å². The highest BCUT2D eigenvalue weighted by Gasteiger charge is 2.18. The van der Waals surface area contributed by atoms with Crippen LogP contribution in [0.1, 0.15) is 11.1 Å². The average molecular weight is 434 g/mol. The van der Waals surface area contributed by atoms with Gasteiger partial charge in [-0.1, -0.05) is 28.1 Å². The van der Waals surface area contributed by atoms with Crippen LogP contribution in [0.5, 0.6) is 0 Å². The Morgan fingerprint density at radius 3 is 2.43 bits per heavy atom. The Morgan fingerprint density at radius 2 is 1.81 bits per heavy atom. The number of anilines is 1. The van der Waals surface area contributed by atoms with Crippen LogP contribution in [0.25, 0.3) is 0 Å². The van der Waals surface area contributed by atoms with Gasteiger partial charge in [-0.3, -0.25) is 4.72 Å². The number of rotatable bonds is 4. The van der Waals surface area contributed by atoms with Gasteiger partial charge in [-0.15, -0.1) is 0 Å². The lowest BCUT2D eigenvalue weighted by atomic mass is 10.2. The molecule has 2 rings (SSSR count). The molecule has 0 saturated heterocycles. The third kappa shape index (κ3) is 3.85. The number of nitrogens with one attached hydrogen (secondary N) is 1. The second-order valence-electron chi connectivity index (χ2n) is 4.54. The van der Waals surface area contributed by atoms with Crippen molar-refractivity contribution in [1.82, 2.24) is 0 Å². The van der Waals surface area contributed by atoms with Crippen molar-refractivity contribution < 1.29 is 8.42 Å². The van der Waals surface area contributed by atoms with Crippen molar-refractivity contribution in [2.24, 2.45) is 5.73 Å². The molecule has 0 fully saturated rings. The number of hydrogen-bond acceptors (Lipinski definition) is 3. The van der Waals surface area contributed by atoms with E-state index in [-0.39, 0.29) is 11.4 Å². The molecule has 0 amide bonds. The predicted octanol–water partition coefficient (Wildman–Crippen LogP) is 3.78. The summed E-state index contributed by atoms with van der Waals surface area (Å²) in [4.78, 5) is 0.169. The van der Waals surface area contributed by atoms with Crippen LogP contribution in [0, 0.1) is 6.92 Å². The lowest BCUT2D eigenvalue weighted by molar-refractivity contribution is 0.600. The van der Waals surface area contributed by atoms with E-state index < -0.39 is 10.0 Å². The minimum Gasteiger partial charge on any atom is -0.326 e. The molecule has 0 saturated carbocycles. The fraction of sp³-hybridized carbons (Fsp3) is 0.143. The summed E-state index contributed by atoms with van der Waals surface area (Å²) in [5.41, 5.74) is 7.85. The molecule has 0 aliphatic heterocycles. The SMILES string of the molecule is Cc1ccc(NS(=O)(=O)c2cc(CN)ccc2Br)cc1Br. The van der Waals surface area contributed by atoms with Crippen molar-refractivity contribution in [3.8, 4) is 0 Å². The standard InChI is InChI=1S/C14H14Br2N2O2S/c1-9-2-4-11(7-13(9)16)18-21(19,20)14-6-10(8-17)3-5-12(14)15/h2-7,18H,8,17H2,1H3. The van der Waals surface area contributed by atoms with Crippen molar-refractivity contribution in [3.05, 3.63) is 56.5 Å². The number of aryl methyl sites for hydroxylation is 1. The van der Waals surface area contributed by atoms with Crippen LogP contribution < -0.4 is 10.5 Å². The zero-order valence-corrected chi connectivity index (χ0v) is 15.2. The predicted molar refractivity (Wildman–Crippen MR) is 91.7 cm³/mol. The molecule has 2 aromatic rings. The number of halogens is 2. The number of sulfonamides is 1. The van der Waals surface area contributed by atoms with E-state index in [1.165, 1.54) is 0 Å². The van der Waals surface area contributed by atoms with Crippen LogP contribution in [0.2, 0.25) is 0 Å². The quantitative estimate of drug-likeness (QED) is 0.770. The van der Waals surface area contributed by atoms with Gasteiger partial charge in [-0.25, -0.2) is 8.42 Å². The third-order valence-corrected chi connectivity index (χ3v) is 6.17.